The summed E-state index contributed by atoms with van der Waals surface area (Å²) in [7, 11) is 1.57. The molecule has 1 aliphatic heterocycles. The first-order valence-electron chi connectivity index (χ1n) is 10.2. The van der Waals surface area contributed by atoms with E-state index in [2.05, 4.69) is 22.8 Å². The number of benzene rings is 2. The smallest absolute Gasteiger partial charge is 0.308 e. The lowest BCUT2D eigenvalue weighted by molar-refractivity contribution is -0.132. The number of fused-ring (bicyclic) bond motifs is 3. The van der Waals surface area contributed by atoms with E-state index in [1.807, 2.05) is 37.3 Å². The van der Waals surface area contributed by atoms with Gasteiger partial charge in [0.25, 0.3) is 5.91 Å². The Bertz CT molecular complexity index is 1010. The molecule has 6 heteroatoms. The Hall–Kier alpha value is -3.28. The summed E-state index contributed by atoms with van der Waals surface area (Å²) in [6.45, 7) is 3.89. The van der Waals surface area contributed by atoms with Crippen LogP contribution < -0.4 is 20.1 Å². The number of carbonyl (C=O) groups is 2. The Morgan fingerprint density at radius 3 is 2.73 bits per heavy atom. The first-order valence-corrected chi connectivity index (χ1v) is 10.2. The molecule has 0 saturated carbocycles. The van der Waals surface area contributed by atoms with Crippen LogP contribution in [0.15, 0.2) is 48.6 Å². The van der Waals surface area contributed by atoms with Gasteiger partial charge in [-0.05, 0) is 60.7 Å². The number of anilines is 1. The van der Waals surface area contributed by atoms with Crippen molar-refractivity contribution < 1.29 is 19.1 Å². The van der Waals surface area contributed by atoms with Gasteiger partial charge in [0.15, 0.2) is 11.5 Å². The molecule has 0 spiro atoms. The second-order valence-corrected chi connectivity index (χ2v) is 7.64. The number of hydrogen-bond donors (Lipinski definition) is 2. The van der Waals surface area contributed by atoms with Crippen molar-refractivity contribution in [1.29, 1.82) is 0 Å². The molecule has 1 heterocycles. The highest BCUT2D eigenvalue weighted by atomic mass is 16.6. The molecule has 4 rings (SSSR count). The predicted molar refractivity (Wildman–Crippen MR) is 115 cm³/mol. The van der Waals surface area contributed by atoms with Crippen molar-refractivity contribution in [1.82, 2.24) is 5.32 Å². The molecule has 2 N–H and O–H groups in total. The fourth-order valence-corrected chi connectivity index (χ4v) is 4.45. The lowest BCUT2D eigenvalue weighted by Gasteiger charge is -2.38. The van der Waals surface area contributed by atoms with Crippen LogP contribution in [0.4, 0.5) is 5.69 Å². The highest BCUT2D eigenvalue weighted by Gasteiger charge is 2.38. The van der Waals surface area contributed by atoms with Gasteiger partial charge in [-0.1, -0.05) is 18.2 Å². The van der Waals surface area contributed by atoms with Crippen molar-refractivity contribution in [2.24, 2.45) is 5.92 Å². The fraction of sp³-hybridized carbons (Fsp3) is 0.333. The predicted octanol–water partition coefficient (Wildman–Crippen LogP) is 4.20. The van der Waals surface area contributed by atoms with Crippen molar-refractivity contribution in [2.45, 2.75) is 32.2 Å². The Morgan fingerprint density at radius 1 is 1.17 bits per heavy atom. The van der Waals surface area contributed by atoms with E-state index in [-0.39, 0.29) is 23.8 Å². The molecule has 2 aliphatic rings. The second kappa shape index (κ2) is 8.22. The zero-order valence-electron chi connectivity index (χ0n) is 17.4. The summed E-state index contributed by atoms with van der Waals surface area (Å²) >= 11 is 0. The molecule has 2 aromatic rings. The summed E-state index contributed by atoms with van der Waals surface area (Å²) in [4.78, 5) is 23.6. The number of allylic oxidation sites excluding steroid dienone is 2. The van der Waals surface area contributed by atoms with E-state index in [0.29, 0.717) is 29.5 Å². The van der Waals surface area contributed by atoms with Gasteiger partial charge in [-0.25, -0.2) is 0 Å². The van der Waals surface area contributed by atoms with E-state index in [1.54, 1.807) is 13.2 Å². The number of hydrogen-bond acceptors (Lipinski definition) is 5. The van der Waals surface area contributed by atoms with Crippen LogP contribution in [-0.2, 0) is 4.79 Å². The third-order valence-corrected chi connectivity index (χ3v) is 5.76. The van der Waals surface area contributed by atoms with Gasteiger partial charge in [-0.2, -0.15) is 0 Å². The molecule has 6 nitrogen and oxygen atoms in total. The van der Waals surface area contributed by atoms with Gasteiger partial charge in [-0.15, -0.1) is 0 Å². The average molecular weight is 406 g/mol. The maximum atomic E-state index is 12.3. The number of esters is 1. The molecule has 156 valence electrons. The molecule has 0 fully saturated rings. The number of amides is 1. The van der Waals surface area contributed by atoms with Crippen molar-refractivity contribution in [2.75, 3.05) is 19.0 Å². The quantitative estimate of drug-likeness (QED) is 0.442. The SMILES string of the molecule is CCNC(=O)c1ccc2c(c1)C1C=CCC1C(c1ccc(OC(C)=O)c(OC)c1)N2. The molecular weight excluding hydrogens is 380 g/mol. The van der Waals surface area contributed by atoms with Gasteiger partial charge in [0, 0.05) is 30.6 Å². The van der Waals surface area contributed by atoms with Gasteiger partial charge < -0.3 is 20.1 Å². The summed E-state index contributed by atoms with van der Waals surface area (Å²) in [5.41, 5.74) is 3.93. The molecule has 0 bridgehead atoms. The van der Waals surface area contributed by atoms with Gasteiger partial charge >= 0.3 is 5.97 Å². The number of nitrogens with one attached hydrogen (secondary N) is 2. The van der Waals surface area contributed by atoms with Crippen LogP contribution in [0.5, 0.6) is 11.5 Å². The van der Waals surface area contributed by atoms with E-state index in [0.717, 1.165) is 23.2 Å². The Balaban J connectivity index is 1.68. The Morgan fingerprint density at radius 2 is 2.00 bits per heavy atom. The van der Waals surface area contributed by atoms with Crippen molar-refractivity contribution in [3.63, 3.8) is 0 Å². The van der Waals surface area contributed by atoms with Crippen molar-refractivity contribution in [3.8, 4) is 11.5 Å². The van der Waals surface area contributed by atoms with E-state index in [1.165, 1.54) is 6.92 Å². The topological polar surface area (TPSA) is 76.7 Å². The summed E-state index contributed by atoms with van der Waals surface area (Å²) in [6.07, 6.45) is 5.40. The van der Waals surface area contributed by atoms with Crippen molar-refractivity contribution in [3.05, 3.63) is 65.2 Å². The van der Waals surface area contributed by atoms with Crippen LogP contribution in [0.2, 0.25) is 0 Å². The van der Waals surface area contributed by atoms with E-state index >= 15 is 0 Å². The summed E-state index contributed by atoms with van der Waals surface area (Å²) in [5.74, 6) is 1.08. The summed E-state index contributed by atoms with van der Waals surface area (Å²) < 4.78 is 10.7. The molecular formula is C24H26N2O4. The first kappa shape index (κ1) is 20.0. The van der Waals surface area contributed by atoms with Crippen LogP contribution in [0.3, 0.4) is 0 Å². The van der Waals surface area contributed by atoms with Gasteiger partial charge in [0.1, 0.15) is 0 Å². The minimum absolute atomic E-state index is 0.0493. The maximum Gasteiger partial charge on any atom is 0.308 e. The number of rotatable bonds is 5. The first-order chi connectivity index (χ1) is 14.5. The van der Waals surface area contributed by atoms with Crippen LogP contribution in [-0.4, -0.2) is 25.5 Å². The number of carbonyl (C=O) groups excluding carboxylic acids is 2. The van der Waals surface area contributed by atoms with E-state index in [9.17, 15) is 9.59 Å². The van der Waals surface area contributed by atoms with Crippen LogP contribution in [0.1, 0.15) is 53.7 Å². The van der Waals surface area contributed by atoms with E-state index in [4.69, 9.17) is 9.47 Å². The van der Waals surface area contributed by atoms with Gasteiger partial charge in [-0.3, -0.25) is 9.59 Å². The minimum Gasteiger partial charge on any atom is -0.493 e. The third-order valence-electron chi connectivity index (χ3n) is 5.76. The van der Waals surface area contributed by atoms with Gasteiger partial charge in [0.2, 0.25) is 0 Å². The largest absolute Gasteiger partial charge is 0.493 e. The molecule has 30 heavy (non-hydrogen) atoms. The van der Waals surface area contributed by atoms with Crippen LogP contribution >= 0.6 is 0 Å². The van der Waals surface area contributed by atoms with E-state index < -0.39 is 0 Å². The standard InChI is InChI=1S/C24H26N2O4/c1-4-25-24(28)16-8-10-20-19(12-16)17-6-5-7-18(17)23(26-20)15-9-11-21(30-14(2)27)22(13-15)29-3/h5-6,8-13,17-18,23,26H,4,7H2,1-3H3,(H,25,28). The summed E-state index contributed by atoms with van der Waals surface area (Å²) in [5, 5.41) is 6.53. The van der Waals surface area contributed by atoms with Crippen molar-refractivity contribution >= 4 is 17.6 Å². The molecule has 1 aliphatic carbocycles. The molecule has 0 aromatic heterocycles. The molecule has 3 atom stereocenters. The third kappa shape index (κ3) is 3.65. The highest BCUT2D eigenvalue weighted by Crippen LogP contribution is 2.50. The lowest BCUT2D eigenvalue weighted by Crippen LogP contribution is -2.30. The zero-order chi connectivity index (χ0) is 21.3. The molecule has 0 radical (unpaired) electrons. The second-order valence-electron chi connectivity index (χ2n) is 7.64. The maximum absolute atomic E-state index is 12.3. The van der Waals surface area contributed by atoms with Gasteiger partial charge in [0.05, 0.1) is 13.2 Å². The monoisotopic (exact) mass is 406 g/mol. The number of methoxy groups -OCH3 is 1. The molecule has 3 unspecified atom stereocenters. The highest BCUT2D eigenvalue weighted by molar-refractivity contribution is 5.95. The number of ether oxygens (including phenoxy) is 2. The Labute approximate surface area is 176 Å². The van der Waals surface area contributed by atoms with Crippen LogP contribution in [0, 0.1) is 5.92 Å². The zero-order valence-corrected chi connectivity index (χ0v) is 17.4. The normalized spacial score (nSPS) is 21.2. The lowest BCUT2D eigenvalue weighted by atomic mass is 9.76. The average Bonchev–Trinajstić information content (AvgIpc) is 3.23. The fourth-order valence-electron chi connectivity index (χ4n) is 4.45. The molecule has 2 aromatic carbocycles. The summed E-state index contributed by atoms with van der Waals surface area (Å²) in [6, 6.07) is 11.6. The Kier molecular flexibility index (Phi) is 5.48. The molecule has 0 saturated heterocycles. The minimum atomic E-state index is -0.381. The molecule has 1 amide bonds. The van der Waals surface area contributed by atoms with Crippen LogP contribution in [0.25, 0.3) is 0 Å².